The lowest BCUT2D eigenvalue weighted by molar-refractivity contribution is 0.551. The van der Waals surface area contributed by atoms with E-state index in [0.717, 1.165) is 0 Å². The maximum atomic E-state index is 6.02. The van der Waals surface area contributed by atoms with Crippen LogP contribution >= 0.6 is 15.9 Å². The molecule has 20 heavy (non-hydrogen) atoms. The number of benzene rings is 1. The normalized spacial score (nSPS) is 10.9. The highest BCUT2D eigenvalue weighted by Crippen LogP contribution is 2.28. The van der Waals surface area contributed by atoms with E-state index in [-0.39, 0.29) is 0 Å². The molecule has 0 radical (unpaired) electrons. The highest BCUT2D eigenvalue weighted by Gasteiger charge is 2.12. The van der Waals surface area contributed by atoms with Crippen molar-refractivity contribution in [3.63, 3.8) is 0 Å². The molecule has 0 unspecified atom stereocenters. The van der Waals surface area contributed by atoms with Crippen LogP contribution in [-0.4, -0.2) is 9.78 Å². The predicted octanol–water partition coefficient (Wildman–Crippen LogP) is 3.84. The Kier molecular flexibility index (Phi) is 3.36. The molecule has 0 fully saturated rings. The minimum absolute atomic E-state index is 0.612. The van der Waals surface area contributed by atoms with Crippen LogP contribution in [0.1, 0.15) is 11.1 Å². The van der Waals surface area contributed by atoms with Crippen molar-refractivity contribution >= 4 is 21.6 Å². The van der Waals surface area contributed by atoms with Gasteiger partial charge in [-0.3, -0.25) is 4.68 Å². The molecule has 1 aromatic carbocycles. The molecule has 2 heterocycles. The Bertz CT molecular complexity index is 745. The summed E-state index contributed by atoms with van der Waals surface area (Å²) in [7, 11) is 0. The quantitative estimate of drug-likeness (QED) is 0.793. The third-order valence-electron chi connectivity index (χ3n) is 3.19. The first-order chi connectivity index (χ1) is 9.63. The summed E-state index contributed by atoms with van der Waals surface area (Å²) in [4.78, 5) is 0. The van der Waals surface area contributed by atoms with Crippen molar-refractivity contribution in [2.45, 2.75) is 13.5 Å². The second-order valence-electron chi connectivity index (χ2n) is 4.66. The average Bonchev–Trinajstić information content (AvgIpc) is 2.98. The number of rotatable bonds is 3. The summed E-state index contributed by atoms with van der Waals surface area (Å²) >= 11 is 3.28. The maximum Gasteiger partial charge on any atom is 0.169 e. The first kappa shape index (κ1) is 13.0. The minimum Gasteiger partial charge on any atom is -0.448 e. The zero-order chi connectivity index (χ0) is 14.1. The van der Waals surface area contributed by atoms with Crippen molar-refractivity contribution < 1.29 is 4.42 Å². The van der Waals surface area contributed by atoms with Gasteiger partial charge in [0.25, 0.3) is 0 Å². The molecule has 102 valence electrons. The van der Waals surface area contributed by atoms with Gasteiger partial charge in [-0.15, -0.1) is 0 Å². The fraction of sp³-hybridized carbons (Fsp3) is 0.133. The van der Waals surface area contributed by atoms with Gasteiger partial charge in [-0.25, -0.2) is 0 Å². The standard InChI is InChI=1S/C15H14BrN3O/c1-10-4-2-3-5-11(10)8-19-9-12(17)15(18-19)13-6-7-14(16)20-13/h2-7,9H,8,17H2,1H3. The number of aromatic nitrogens is 2. The highest BCUT2D eigenvalue weighted by atomic mass is 79.9. The summed E-state index contributed by atoms with van der Waals surface area (Å²) in [6, 6.07) is 11.9. The van der Waals surface area contributed by atoms with E-state index in [4.69, 9.17) is 10.2 Å². The van der Waals surface area contributed by atoms with Crippen LogP contribution in [0.15, 0.2) is 51.7 Å². The van der Waals surface area contributed by atoms with Crippen molar-refractivity contribution in [2.75, 3.05) is 5.73 Å². The summed E-state index contributed by atoms with van der Waals surface area (Å²) < 4.78 is 8.00. The average molecular weight is 332 g/mol. The summed E-state index contributed by atoms with van der Waals surface area (Å²) in [6.45, 7) is 2.78. The van der Waals surface area contributed by atoms with E-state index in [1.807, 2.05) is 35.1 Å². The molecule has 3 rings (SSSR count). The number of aryl methyl sites for hydroxylation is 1. The lowest BCUT2D eigenvalue weighted by atomic mass is 10.1. The van der Waals surface area contributed by atoms with Crippen molar-refractivity contribution in [1.29, 1.82) is 0 Å². The Morgan fingerprint density at radius 2 is 2.05 bits per heavy atom. The van der Waals surface area contributed by atoms with E-state index in [9.17, 15) is 0 Å². The minimum atomic E-state index is 0.612. The van der Waals surface area contributed by atoms with Gasteiger partial charge >= 0.3 is 0 Å². The summed E-state index contributed by atoms with van der Waals surface area (Å²) in [5.74, 6) is 0.665. The lowest BCUT2D eigenvalue weighted by Crippen LogP contribution is -2.01. The molecular weight excluding hydrogens is 318 g/mol. The van der Waals surface area contributed by atoms with Gasteiger partial charge in [0, 0.05) is 6.20 Å². The third-order valence-corrected chi connectivity index (χ3v) is 3.62. The second-order valence-corrected chi connectivity index (χ2v) is 5.44. The molecule has 0 bridgehead atoms. The molecule has 0 aliphatic carbocycles. The molecule has 0 aliphatic rings. The van der Waals surface area contributed by atoms with Crippen LogP contribution in [0.4, 0.5) is 5.69 Å². The van der Waals surface area contributed by atoms with Crippen LogP contribution < -0.4 is 5.73 Å². The molecule has 2 aromatic heterocycles. The van der Waals surface area contributed by atoms with E-state index < -0.39 is 0 Å². The van der Waals surface area contributed by atoms with Crippen LogP contribution in [0, 0.1) is 6.92 Å². The predicted molar refractivity (Wildman–Crippen MR) is 82.3 cm³/mol. The highest BCUT2D eigenvalue weighted by molar-refractivity contribution is 9.10. The maximum absolute atomic E-state index is 6.02. The van der Waals surface area contributed by atoms with Crippen molar-refractivity contribution in [3.8, 4) is 11.5 Å². The number of furan rings is 1. The Labute approximate surface area is 125 Å². The number of hydrogen-bond acceptors (Lipinski definition) is 3. The van der Waals surface area contributed by atoms with Gasteiger partial charge in [0.2, 0.25) is 0 Å². The van der Waals surface area contributed by atoms with E-state index in [1.165, 1.54) is 11.1 Å². The summed E-state index contributed by atoms with van der Waals surface area (Å²) in [5.41, 5.74) is 9.76. The number of anilines is 1. The fourth-order valence-corrected chi connectivity index (χ4v) is 2.42. The molecule has 5 heteroatoms. The van der Waals surface area contributed by atoms with Crippen molar-refractivity contribution in [3.05, 3.63) is 58.4 Å². The fourth-order valence-electron chi connectivity index (χ4n) is 2.11. The lowest BCUT2D eigenvalue weighted by Gasteiger charge is -2.05. The molecular formula is C15H14BrN3O. The molecule has 2 N–H and O–H groups in total. The molecule has 0 aliphatic heterocycles. The van der Waals surface area contributed by atoms with Crippen molar-refractivity contribution in [1.82, 2.24) is 9.78 Å². The number of nitrogens with zero attached hydrogens (tertiary/aromatic N) is 2. The Morgan fingerprint density at radius 1 is 1.25 bits per heavy atom. The molecule has 4 nitrogen and oxygen atoms in total. The summed E-state index contributed by atoms with van der Waals surface area (Å²) in [6.07, 6.45) is 1.83. The zero-order valence-electron chi connectivity index (χ0n) is 11.0. The molecule has 0 amide bonds. The molecule has 0 atom stereocenters. The van der Waals surface area contributed by atoms with Crippen LogP contribution in [0.3, 0.4) is 0 Å². The Hall–Kier alpha value is -2.01. The molecule has 3 aromatic rings. The number of nitrogens with two attached hydrogens (primary N) is 1. The van der Waals surface area contributed by atoms with Crippen LogP contribution in [0.2, 0.25) is 0 Å². The molecule has 0 saturated carbocycles. The third kappa shape index (κ3) is 2.49. The molecule has 0 saturated heterocycles. The number of hydrogen-bond donors (Lipinski definition) is 1. The van der Waals surface area contributed by atoms with Crippen LogP contribution in [0.5, 0.6) is 0 Å². The SMILES string of the molecule is Cc1ccccc1Cn1cc(N)c(-c2ccc(Br)o2)n1. The van der Waals surface area contributed by atoms with Gasteiger partial charge in [0.15, 0.2) is 16.1 Å². The Balaban J connectivity index is 1.91. The van der Waals surface area contributed by atoms with Gasteiger partial charge in [-0.2, -0.15) is 5.10 Å². The molecule has 0 spiro atoms. The first-order valence-electron chi connectivity index (χ1n) is 6.26. The van der Waals surface area contributed by atoms with E-state index in [0.29, 0.717) is 28.4 Å². The number of nitrogen functional groups attached to an aromatic ring is 1. The topological polar surface area (TPSA) is 57.0 Å². The monoisotopic (exact) mass is 331 g/mol. The van der Waals surface area contributed by atoms with E-state index >= 15 is 0 Å². The zero-order valence-corrected chi connectivity index (χ0v) is 12.6. The number of halogens is 1. The van der Waals surface area contributed by atoms with Gasteiger partial charge in [0.1, 0.15) is 0 Å². The van der Waals surface area contributed by atoms with Gasteiger partial charge < -0.3 is 10.2 Å². The second kappa shape index (κ2) is 5.17. The van der Waals surface area contributed by atoms with Crippen LogP contribution in [0.25, 0.3) is 11.5 Å². The first-order valence-corrected chi connectivity index (χ1v) is 7.06. The Morgan fingerprint density at radius 3 is 2.75 bits per heavy atom. The van der Waals surface area contributed by atoms with E-state index in [2.05, 4.69) is 40.1 Å². The van der Waals surface area contributed by atoms with Gasteiger partial charge in [-0.05, 0) is 46.1 Å². The van der Waals surface area contributed by atoms with Crippen molar-refractivity contribution in [2.24, 2.45) is 0 Å². The smallest absolute Gasteiger partial charge is 0.169 e. The largest absolute Gasteiger partial charge is 0.448 e. The van der Waals surface area contributed by atoms with Crippen LogP contribution in [-0.2, 0) is 6.54 Å². The summed E-state index contributed by atoms with van der Waals surface area (Å²) in [5, 5.41) is 4.51. The van der Waals surface area contributed by atoms with E-state index in [1.54, 1.807) is 0 Å². The van der Waals surface area contributed by atoms with Gasteiger partial charge in [-0.1, -0.05) is 24.3 Å². The van der Waals surface area contributed by atoms with Gasteiger partial charge in [0.05, 0.1) is 12.2 Å².